The van der Waals surface area contributed by atoms with E-state index in [1.807, 2.05) is 36.4 Å². The third-order valence-electron chi connectivity index (χ3n) is 3.58. The monoisotopic (exact) mass is 315 g/mol. The summed E-state index contributed by atoms with van der Waals surface area (Å²) in [6, 6.07) is 16.9. The molecule has 0 radical (unpaired) electrons. The number of carbonyl (C=O) groups excluding carboxylic acids is 1. The Hall–Kier alpha value is -3.54. The fourth-order valence-electron chi connectivity index (χ4n) is 2.42. The van der Waals surface area contributed by atoms with Crippen LogP contribution in [0.2, 0.25) is 0 Å². The lowest BCUT2D eigenvalue weighted by molar-refractivity contribution is 0.102. The van der Waals surface area contributed by atoms with Crippen molar-refractivity contribution < 1.29 is 4.79 Å². The van der Waals surface area contributed by atoms with Gasteiger partial charge in [0.1, 0.15) is 5.82 Å². The highest BCUT2D eigenvalue weighted by molar-refractivity contribution is 6.05. The van der Waals surface area contributed by atoms with E-state index >= 15 is 0 Å². The fraction of sp³-hybridized carbons (Fsp3) is 0. The van der Waals surface area contributed by atoms with E-state index in [0.717, 1.165) is 22.4 Å². The number of carbonyl (C=O) groups is 1. The van der Waals surface area contributed by atoms with Gasteiger partial charge in [0.05, 0.1) is 11.0 Å². The molecule has 4 rings (SSSR count). The zero-order valence-electron chi connectivity index (χ0n) is 12.6. The number of fused-ring (bicyclic) bond motifs is 1. The lowest BCUT2D eigenvalue weighted by Gasteiger charge is -2.02. The van der Waals surface area contributed by atoms with Crippen LogP contribution in [0.25, 0.3) is 22.4 Å². The molecule has 0 spiro atoms. The molecule has 2 aromatic carbocycles. The molecule has 0 saturated heterocycles. The molecule has 6 heteroatoms. The SMILES string of the molecule is O=C(Nc1ncccn1)c1ccc2nc(-c3ccccc3)[nH]c2c1. The van der Waals surface area contributed by atoms with Gasteiger partial charge in [-0.15, -0.1) is 0 Å². The number of aromatic nitrogens is 4. The van der Waals surface area contributed by atoms with Crippen LogP contribution in [0.4, 0.5) is 5.95 Å². The van der Waals surface area contributed by atoms with Gasteiger partial charge in [0.2, 0.25) is 5.95 Å². The molecule has 116 valence electrons. The lowest BCUT2D eigenvalue weighted by atomic mass is 10.2. The molecule has 0 aliphatic carbocycles. The van der Waals surface area contributed by atoms with Crippen LogP contribution < -0.4 is 5.32 Å². The molecular formula is C18H13N5O. The molecule has 0 aliphatic heterocycles. The summed E-state index contributed by atoms with van der Waals surface area (Å²) >= 11 is 0. The van der Waals surface area contributed by atoms with Gasteiger partial charge in [-0.05, 0) is 24.3 Å². The van der Waals surface area contributed by atoms with Gasteiger partial charge in [0, 0.05) is 23.5 Å². The van der Waals surface area contributed by atoms with Gasteiger partial charge >= 0.3 is 0 Å². The molecule has 0 saturated carbocycles. The highest BCUT2D eigenvalue weighted by Crippen LogP contribution is 2.21. The van der Waals surface area contributed by atoms with E-state index < -0.39 is 0 Å². The number of hydrogen-bond donors (Lipinski definition) is 2. The maximum atomic E-state index is 12.3. The number of imidazole rings is 1. The van der Waals surface area contributed by atoms with Crippen molar-refractivity contribution >= 4 is 22.9 Å². The van der Waals surface area contributed by atoms with Gasteiger partial charge in [-0.2, -0.15) is 0 Å². The van der Waals surface area contributed by atoms with E-state index in [2.05, 4.69) is 25.3 Å². The Balaban J connectivity index is 1.65. The minimum atomic E-state index is -0.265. The number of H-pyrrole nitrogens is 1. The largest absolute Gasteiger partial charge is 0.338 e. The van der Waals surface area contributed by atoms with Crippen molar-refractivity contribution in [3.8, 4) is 11.4 Å². The van der Waals surface area contributed by atoms with Crippen LogP contribution in [-0.4, -0.2) is 25.8 Å². The lowest BCUT2D eigenvalue weighted by Crippen LogP contribution is -2.13. The zero-order valence-corrected chi connectivity index (χ0v) is 12.6. The van der Waals surface area contributed by atoms with Crippen LogP contribution in [0.1, 0.15) is 10.4 Å². The first kappa shape index (κ1) is 14.1. The van der Waals surface area contributed by atoms with Gasteiger partial charge in [0.25, 0.3) is 5.91 Å². The van der Waals surface area contributed by atoms with Crippen LogP contribution in [-0.2, 0) is 0 Å². The number of nitrogens with one attached hydrogen (secondary N) is 2. The normalized spacial score (nSPS) is 10.7. The summed E-state index contributed by atoms with van der Waals surface area (Å²) in [5.74, 6) is 0.783. The summed E-state index contributed by atoms with van der Waals surface area (Å²) in [6.45, 7) is 0. The maximum absolute atomic E-state index is 12.3. The van der Waals surface area contributed by atoms with Crippen molar-refractivity contribution in [3.05, 3.63) is 72.6 Å². The number of hydrogen-bond acceptors (Lipinski definition) is 4. The molecule has 2 N–H and O–H groups in total. The highest BCUT2D eigenvalue weighted by atomic mass is 16.1. The molecule has 0 atom stereocenters. The molecule has 1 amide bonds. The minimum absolute atomic E-state index is 0.265. The predicted octanol–water partition coefficient (Wildman–Crippen LogP) is 3.27. The molecule has 6 nitrogen and oxygen atoms in total. The van der Waals surface area contributed by atoms with Crippen molar-refractivity contribution in [1.82, 2.24) is 19.9 Å². The van der Waals surface area contributed by atoms with Gasteiger partial charge < -0.3 is 4.98 Å². The van der Waals surface area contributed by atoms with Gasteiger partial charge in [-0.25, -0.2) is 15.0 Å². The Morgan fingerprint density at radius 3 is 2.54 bits per heavy atom. The number of anilines is 1. The summed E-state index contributed by atoms with van der Waals surface area (Å²) in [4.78, 5) is 28.1. The Bertz CT molecular complexity index is 996. The second kappa shape index (κ2) is 5.92. The molecule has 0 bridgehead atoms. The second-order valence-corrected chi connectivity index (χ2v) is 5.21. The number of nitrogens with zero attached hydrogens (tertiary/aromatic N) is 3. The third-order valence-corrected chi connectivity index (χ3v) is 3.58. The van der Waals surface area contributed by atoms with Crippen LogP contribution in [0, 0.1) is 0 Å². The topological polar surface area (TPSA) is 83.6 Å². The third kappa shape index (κ3) is 2.72. The van der Waals surface area contributed by atoms with Gasteiger partial charge in [-0.1, -0.05) is 30.3 Å². The van der Waals surface area contributed by atoms with E-state index in [9.17, 15) is 4.79 Å². The minimum Gasteiger partial charge on any atom is -0.338 e. The molecule has 0 fully saturated rings. The standard InChI is InChI=1S/C18H13N5O/c24-17(23-18-19-9-4-10-20-18)13-7-8-14-15(11-13)22-16(21-14)12-5-2-1-3-6-12/h1-11H,(H,21,22)(H,19,20,23,24). The quantitative estimate of drug-likeness (QED) is 0.608. The molecule has 24 heavy (non-hydrogen) atoms. The van der Waals surface area contributed by atoms with Crippen molar-refractivity contribution in [1.29, 1.82) is 0 Å². The van der Waals surface area contributed by atoms with Crippen molar-refractivity contribution in [2.24, 2.45) is 0 Å². The average Bonchev–Trinajstić information content (AvgIpc) is 3.06. The van der Waals surface area contributed by atoms with Gasteiger partial charge in [-0.3, -0.25) is 10.1 Å². The number of benzene rings is 2. The van der Waals surface area contributed by atoms with Crippen LogP contribution in [0.3, 0.4) is 0 Å². The van der Waals surface area contributed by atoms with Crippen LogP contribution in [0.5, 0.6) is 0 Å². The Kier molecular flexibility index (Phi) is 3.47. The number of aromatic amines is 1. The molecular weight excluding hydrogens is 302 g/mol. The summed E-state index contributed by atoms with van der Waals surface area (Å²) in [5.41, 5.74) is 3.12. The average molecular weight is 315 g/mol. The van der Waals surface area contributed by atoms with E-state index in [0.29, 0.717) is 5.56 Å². The van der Waals surface area contributed by atoms with E-state index in [-0.39, 0.29) is 11.9 Å². The molecule has 4 aromatic rings. The Labute approximate surface area is 137 Å². The van der Waals surface area contributed by atoms with E-state index in [4.69, 9.17) is 0 Å². The number of amides is 1. The first-order valence-corrected chi connectivity index (χ1v) is 7.43. The van der Waals surface area contributed by atoms with Gasteiger partial charge in [0.15, 0.2) is 0 Å². The van der Waals surface area contributed by atoms with Crippen LogP contribution >= 0.6 is 0 Å². The maximum Gasteiger partial charge on any atom is 0.258 e. The first-order valence-electron chi connectivity index (χ1n) is 7.43. The van der Waals surface area contributed by atoms with E-state index in [1.54, 1.807) is 30.6 Å². The molecule has 2 heterocycles. The predicted molar refractivity (Wildman–Crippen MR) is 91.5 cm³/mol. The Morgan fingerprint density at radius 1 is 0.958 bits per heavy atom. The van der Waals surface area contributed by atoms with Crippen LogP contribution in [0.15, 0.2) is 67.0 Å². The first-order chi connectivity index (χ1) is 11.8. The van der Waals surface area contributed by atoms with Crippen molar-refractivity contribution in [3.63, 3.8) is 0 Å². The Morgan fingerprint density at radius 2 is 1.75 bits per heavy atom. The second-order valence-electron chi connectivity index (χ2n) is 5.21. The smallest absolute Gasteiger partial charge is 0.258 e. The summed E-state index contributed by atoms with van der Waals surface area (Å²) < 4.78 is 0. The summed E-state index contributed by atoms with van der Waals surface area (Å²) in [5, 5.41) is 2.67. The molecule has 2 aromatic heterocycles. The van der Waals surface area contributed by atoms with Crippen molar-refractivity contribution in [2.45, 2.75) is 0 Å². The fourth-order valence-corrected chi connectivity index (χ4v) is 2.42. The van der Waals surface area contributed by atoms with Crippen molar-refractivity contribution in [2.75, 3.05) is 5.32 Å². The summed E-state index contributed by atoms with van der Waals surface area (Å²) in [6.07, 6.45) is 3.15. The summed E-state index contributed by atoms with van der Waals surface area (Å²) in [7, 11) is 0. The van der Waals surface area contributed by atoms with E-state index in [1.165, 1.54) is 0 Å². The molecule has 0 aliphatic rings. The zero-order chi connectivity index (χ0) is 16.4. The molecule has 0 unspecified atom stereocenters. The number of rotatable bonds is 3. The highest BCUT2D eigenvalue weighted by Gasteiger charge is 2.11.